The Labute approximate surface area is 98.3 Å². The van der Waals surface area contributed by atoms with E-state index in [-0.39, 0.29) is 17.8 Å². The number of anilines is 2. The number of amides is 1. The van der Waals surface area contributed by atoms with Crippen LogP contribution in [-0.4, -0.2) is 37.1 Å². The van der Waals surface area contributed by atoms with Crippen molar-refractivity contribution in [2.75, 3.05) is 31.8 Å². The molecule has 1 heterocycles. The van der Waals surface area contributed by atoms with E-state index in [9.17, 15) is 4.79 Å². The molecule has 0 bridgehead atoms. The lowest BCUT2D eigenvalue weighted by molar-refractivity contribution is 0.0964. The predicted molar refractivity (Wildman–Crippen MR) is 64.9 cm³/mol. The molecular weight excluding hydrogens is 228 g/mol. The van der Waals surface area contributed by atoms with Gasteiger partial charge in [-0.1, -0.05) is 0 Å². The largest absolute Gasteiger partial charge is 0.382 e. The first-order chi connectivity index (χ1) is 7.60. The third-order valence-corrected chi connectivity index (χ3v) is 2.94. The van der Waals surface area contributed by atoms with E-state index < -0.39 is 0 Å². The van der Waals surface area contributed by atoms with Crippen LogP contribution in [0.25, 0.3) is 0 Å². The summed E-state index contributed by atoms with van der Waals surface area (Å²) < 4.78 is 9.04. The maximum atomic E-state index is 11.5. The molecule has 0 radical (unpaired) electrons. The van der Waals surface area contributed by atoms with Crippen molar-refractivity contribution in [3.8, 4) is 0 Å². The van der Waals surface area contributed by atoms with Crippen LogP contribution in [-0.2, 0) is 4.74 Å². The lowest BCUT2D eigenvalue weighted by Crippen LogP contribution is -2.22. The molecule has 0 fully saturated rings. The molecule has 7 heteroatoms. The van der Waals surface area contributed by atoms with Crippen molar-refractivity contribution in [1.82, 2.24) is 9.69 Å². The second-order valence-corrected chi connectivity index (χ2v) is 4.05. The minimum atomic E-state index is -0.237. The van der Waals surface area contributed by atoms with Gasteiger partial charge < -0.3 is 21.1 Å². The van der Waals surface area contributed by atoms with E-state index >= 15 is 0 Å². The Morgan fingerprint density at radius 3 is 2.94 bits per heavy atom. The summed E-state index contributed by atoms with van der Waals surface area (Å²) in [4.78, 5) is 11.5. The summed E-state index contributed by atoms with van der Waals surface area (Å²) in [5.74, 6) is 0.00994. The first-order valence-electron chi connectivity index (χ1n) is 4.84. The molecule has 1 aromatic heterocycles. The van der Waals surface area contributed by atoms with Gasteiger partial charge in [0.2, 0.25) is 0 Å². The topological polar surface area (TPSA) is 89.3 Å². The zero-order chi connectivity index (χ0) is 12.1. The van der Waals surface area contributed by atoms with Crippen LogP contribution in [0.5, 0.6) is 0 Å². The molecule has 1 aromatic rings. The van der Waals surface area contributed by atoms with Crippen molar-refractivity contribution in [3.05, 3.63) is 5.56 Å². The zero-order valence-electron chi connectivity index (χ0n) is 9.53. The number of aromatic nitrogens is 1. The molecule has 1 unspecified atom stereocenters. The number of hydrogen-bond acceptors (Lipinski definition) is 6. The van der Waals surface area contributed by atoms with Crippen molar-refractivity contribution in [3.63, 3.8) is 0 Å². The van der Waals surface area contributed by atoms with E-state index in [2.05, 4.69) is 15.0 Å². The number of carbonyl (C=O) groups excluding carboxylic acids is 1. The quantitative estimate of drug-likeness (QED) is 0.703. The highest BCUT2D eigenvalue weighted by Crippen LogP contribution is 2.26. The van der Waals surface area contributed by atoms with Crippen LogP contribution in [0.2, 0.25) is 0 Å². The Morgan fingerprint density at radius 1 is 1.69 bits per heavy atom. The van der Waals surface area contributed by atoms with Gasteiger partial charge in [0.15, 0.2) is 5.82 Å². The van der Waals surface area contributed by atoms with Crippen LogP contribution >= 0.6 is 11.5 Å². The lowest BCUT2D eigenvalue weighted by atomic mass is 10.3. The normalized spacial score (nSPS) is 12.2. The Hall–Kier alpha value is -1.34. The fraction of sp³-hybridized carbons (Fsp3) is 0.556. The van der Waals surface area contributed by atoms with Gasteiger partial charge in [0, 0.05) is 20.7 Å². The SMILES string of the molecule is CNC(=O)c1c(N)nsc1NCC(C)OC. The maximum absolute atomic E-state index is 11.5. The molecule has 6 nitrogen and oxygen atoms in total. The summed E-state index contributed by atoms with van der Waals surface area (Å²) in [6, 6.07) is 0. The van der Waals surface area contributed by atoms with Crippen LogP contribution in [0, 0.1) is 0 Å². The summed E-state index contributed by atoms with van der Waals surface area (Å²) >= 11 is 1.17. The van der Waals surface area contributed by atoms with Gasteiger partial charge >= 0.3 is 0 Å². The Balaban J connectivity index is 2.76. The third-order valence-electron chi connectivity index (χ3n) is 2.13. The number of nitrogen functional groups attached to an aromatic ring is 1. The van der Waals surface area contributed by atoms with Gasteiger partial charge in [0.25, 0.3) is 5.91 Å². The monoisotopic (exact) mass is 244 g/mol. The van der Waals surface area contributed by atoms with E-state index in [0.717, 1.165) is 0 Å². The van der Waals surface area contributed by atoms with Crippen LogP contribution in [0.1, 0.15) is 17.3 Å². The maximum Gasteiger partial charge on any atom is 0.257 e. The molecular formula is C9H16N4O2S. The van der Waals surface area contributed by atoms with Crippen molar-refractivity contribution in [1.29, 1.82) is 0 Å². The molecule has 0 spiro atoms. The Bertz CT molecular complexity index is 366. The number of rotatable bonds is 5. The van der Waals surface area contributed by atoms with Gasteiger partial charge in [-0.15, -0.1) is 0 Å². The van der Waals surface area contributed by atoms with Gasteiger partial charge in [-0.3, -0.25) is 4.79 Å². The van der Waals surface area contributed by atoms with Crippen LogP contribution in [0.3, 0.4) is 0 Å². The average molecular weight is 244 g/mol. The second kappa shape index (κ2) is 5.66. The number of nitrogens with zero attached hydrogens (tertiary/aromatic N) is 1. The summed E-state index contributed by atoms with van der Waals surface area (Å²) in [7, 11) is 3.19. The molecule has 0 saturated heterocycles. The van der Waals surface area contributed by atoms with E-state index in [1.54, 1.807) is 14.2 Å². The number of ether oxygens (including phenoxy) is 1. The van der Waals surface area contributed by atoms with Gasteiger partial charge in [-0.25, -0.2) is 0 Å². The fourth-order valence-electron chi connectivity index (χ4n) is 1.09. The molecule has 0 aliphatic rings. The predicted octanol–water partition coefficient (Wildman–Crippen LogP) is 0.532. The van der Waals surface area contributed by atoms with Gasteiger partial charge in [0.1, 0.15) is 10.6 Å². The Kier molecular flexibility index (Phi) is 4.51. The molecule has 90 valence electrons. The van der Waals surface area contributed by atoms with Gasteiger partial charge in [-0.2, -0.15) is 4.37 Å². The first kappa shape index (κ1) is 12.7. The zero-order valence-corrected chi connectivity index (χ0v) is 10.4. The highest BCUT2D eigenvalue weighted by Gasteiger charge is 2.18. The highest BCUT2D eigenvalue weighted by molar-refractivity contribution is 7.11. The van der Waals surface area contributed by atoms with E-state index in [0.29, 0.717) is 17.1 Å². The number of methoxy groups -OCH3 is 1. The van der Waals surface area contributed by atoms with Crippen LogP contribution in [0.15, 0.2) is 0 Å². The fourth-order valence-corrected chi connectivity index (χ4v) is 1.80. The summed E-state index contributed by atoms with van der Waals surface area (Å²) in [6.07, 6.45) is 0.0564. The number of hydrogen-bond donors (Lipinski definition) is 3. The molecule has 0 aromatic carbocycles. The summed E-state index contributed by atoms with van der Waals surface area (Å²) in [5.41, 5.74) is 6.02. The minimum Gasteiger partial charge on any atom is -0.382 e. The van der Waals surface area contributed by atoms with Gasteiger partial charge in [0.05, 0.1) is 6.10 Å². The molecule has 1 amide bonds. The summed E-state index contributed by atoms with van der Waals surface area (Å²) in [5, 5.41) is 6.28. The van der Waals surface area contributed by atoms with Gasteiger partial charge in [-0.05, 0) is 18.5 Å². The average Bonchev–Trinajstić information content (AvgIpc) is 2.66. The number of nitrogens with two attached hydrogens (primary N) is 1. The molecule has 0 aliphatic heterocycles. The third kappa shape index (κ3) is 2.83. The van der Waals surface area contributed by atoms with Crippen molar-refractivity contribution in [2.45, 2.75) is 13.0 Å². The highest BCUT2D eigenvalue weighted by atomic mass is 32.1. The van der Waals surface area contributed by atoms with Crippen molar-refractivity contribution >= 4 is 28.3 Å². The van der Waals surface area contributed by atoms with E-state index in [4.69, 9.17) is 10.5 Å². The van der Waals surface area contributed by atoms with Crippen molar-refractivity contribution in [2.24, 2.45) is 0 Å². The molecule has 1 rings (SSSR count). The summed E-state index contributed by atoms with van der Waals surface area (Å²) in [6.45, 7) is 2.53. The van der Waals surface area contributed by atoms with E-state index in [1.165, 1.54) is 11.5 Å². The molecule has 0 aliphatic carbocycles. The first-order valence-corrected chi connectivity index (χ1v) is 5.61. The van der Waals surface area contributed by atoms with Crippen LogP contribution in [0.4, 0.5) is 10.8 Å². The molecule has 16 heavy (non-hydrogen) atoms. The molecule has 1 atom stereocenters. The molecule has 4 N–H and O–H groups in total. The smallest absolute Gasteiger partial charge is 0.257 e. The number of nitrogens with one attached hydrogen (secondary N) is 2. The Morgan fingerprint density at radius 2 is 2.38 bits per heavy atom. The van der Waals surface area contributed by atoms with E-state index in [1.807, 2.05) is 6.92 Å². The number of carbonyl (C=O) groups is 1. The second-order valence-electron chi connectivity index (χ2n) is 3.28. The van der Waals surface area contributed by atoms with Crippen molar-refractivity contribution < 1.29 is 9.53 Å². The molecule has 0 saturated carbocycles. The standard InChI is InChI=1S/C9H16N4O2S/c1-5(15-3)4-12-9-6(8(14)11-2)7(10)13-16-9/h5,12H,4H2,1-3H3,(H2,10,13)(H,11,14). The minimum absolute atomic E-state index is 0.0564. The van der Waals surface area contributed by atoms with Crippen LogP contribution < -0.4 is 16.4 Å². The lowest BCUT2D eigenvalue weighted by Gasteiger charge is -2.11.